The van der Waals surface area contributed by atoms with Crippen molar-refractivity contribution in [3.8, 4) is 6.07 Å². The van der Waals surface area contributed by atoms with Gasteiger partial charge in [0.05, 0.1) is 12.0 Å². The van der Waals surface area contributed by atoms with Crippen molar-refractivity contribution < 1.29 is 0 Å². The van der Waals surface area contributed by atoms with Crippen LogP contribution in [0, 0.1) is 11.3 Å². The lowest BCUT2D eigenvalue weighted by Crippen LogP contribution is -2.00. The number of hydrogen-bond acceptors (Lipinski definition) is 1. The monoisotopic (exact) mass is 241 g/mol. The highest BCUT2D eigenvalue weighted by Crippen LogP contribution is 2.22. The Kier molecular flexibility index (Phi) is 3.80. The van der Waals surface area contributed by atoms with E-state index >= 15 is 0 Å². The third kappa shape index (κ3) is 3.09. The van der Waals surface area contributed by atoms with E-state index in [4.69, 9.17) is 11.6 Å². The molecule has 0 aliphatic rings. The fourth-order valence-electron chi connectivity index (χ4n) is 1.81. The summed E-state index contributed by atoms with van der Waals surface area (Å²) >= 11 is 5.94. The van der Waals surface area contributed by atoms with E-state index in [1.807, 2.05) is 54.6 Å². The smallest absolute Gasteiger partial charge is 0.0753 e. The Hall–Kier alpha value is -1.78. The van der Waals surface area contributed by atoms with Crippen molar-refractivity contribution in [2.45, 2.75) is 12.3 Å². The van der Waals surface area contributed by atoms with Crippen molar-refractivity contribution in [3.05, 3.63) is 70.7 Å². The van der Waals surface area contributed by atoms with Crippen LogP contribution in [-0.2, 0) is 6.42 Å². The van der Waals surface area contributed by atoms with Gasteiger partial charge in [-0.2, -0.15) is 5.26 Å². The maximum Gasteiger partial charge on any atom is 0.0753 e. The van der Waals surface area contributed by atoms with Gasteiger partial charge in [0.25, 0.3) is 0 Å². The van der Waals surface area contributed by atoms with Crippen molar-refractivity contribution in [3.63, 3.8) is 0 Å². The second-order valence-electron chi connectivity index (χ2n) is 3.93. The molecular weight excluding hydrogens is 230 g/mol. The van der Waals surface area contributed by atoms with Crippen LogP contribution in [-0.4, -0.2) is 0 Å². The van der Waals surface area contributed by atoms with Crippen LogP contribution in [0.5, 0.6) is 0 Å². The maximum absolute atomic E-state index is 9.24. The van der Waals surface area contributed by atoms with Gasteiger partial charge in [-0.05, 0) is 29.7 Å². The van der Waals surface area contributed by atoms with E-state index in [0.717, 1.165) is 12.0 Å². The fourth-order valence-corrected chi connectivity index (χ4v) is 2.01. The van der Waals surface area contributed by atoms with Crippen molar-refractivity contribution in [2.75, 3.05) is 0 Å². The Morgan fingerprint density at radius 3 is 2.47 bits per heavy atom. The third-order valence-corrected chi connectivity index (χ3v) is 2.92. The van der Waals surface area contributed by atoms with Crippen molar-refractivity contribution in [1.82, 2.24) is 0 Å². The zero-order chi connectivity index (χ0) is 12.1. The Morgan fingerprint density at radius 1 is 1.06 bits per heavy atom. The van der Waals surface area contributed by atoms with E-state index in [0.29, 0.717) is 5.02 Å². The SMILES string of the molecule is N#CC(Cc1ccccc1)c1cccc(Cl)c1. The molecule has 2 aromatic carbocycles. The highest BCUT2D eigenvalue weighted by atomic mass is 35.5. The minimum absolute atomic E-state index is 0.143. The molecule has 0 radical (unpaired) electrons. The molecule has 1 unspecified atom stereocenters. The van der Waals surface area contributed by atoms with Gasteiger partial charge in [-0.3, -0.25) is 0 Å². The molecule has 0 aromatic heterocycles. The van der Waals surface area contributed by atoms with Crippen LogP contribution in [0.2, 0.25) is 5.02 Å². The Morgan fingerprint density at radius 2 is 1.82 bits per heavy atom. The number of halogens is 1. The Balaban J connectivity index is 2.21. The molecule has 0 amide bonds. The van der Waals surface area contributed by atoms with E-state index in [1.165, 1.54) is 5.56 Å². The topological polar surface area (TPSA) is 23.8 Å². The molecule has 2 aromatic rings. The molecule has 0 saturated carbocycles. The molecule has 0 fully saturated rings. The highest BCUT2D eigenvalue weighted by Gasteiger charge is 2.11. The lowest BCUT2D eigenvalue weighted by atomic mass is 9.93. The van der Waals surface area contributed by atoms with Gasteiger partial charge in [0.2, 0.25) is 0 Å². The molecule has 17 heavy (non-hydrogen) atoms. The molecule has 0 aliphatic heterocycles. The van der Waals surface area contributed by atoms with Crippen LogP contribution in [0.15, 0.2) is 54.6 Å². The average Bonchev–Trinajstić information content (AvgIpc) is 2.37. The van der Waals surface area contributed by atoms with Crippen molar-refractivity contribution >= 4 is 11.6 Å². The summed E-state index contributed by atoms with van der Waals surface area (Å²) < 4.78 is 0. The summed E-state index contributed by atoms with van der Waals surface area (Å²) in [6.07, 6.45) is 0.720. The molecule has 0 heterocycles. The second-order valence-corrected chi connectivity index (χ2v) is 4.36. The summed E-state index contributed by atoms with van der Waals surface area (Å²) in [7, 11) is 0. The van der Waals surface area contributed by atoms with Gasteiger partial charge in [-0.25, -0.2) is 0 Å². The van der Waals surface area contributed by atoms with Crippen LogP contribution >= 0.6 is 11.6 Å². The normalized spacial score (nSPS) is 11.8. The van der Waals surface area contributed by atoms with E-state index in [1.54, 1.807) is 0 Å². The lowest BCUT2D eigenvalue weighted by molar-refractivity contribution is 0.849. The van der Waals surface area contributed by atoms with Gasteiger partial charge in [0, 0.05) is 5.02 Å². The summed E-state index contributed by atoms with van der Waals surface area (Å²) in [5, 5.41) is 9.92. The molecule has 84 valence electrons. The Bertz CT molecular complexity index is 528. The Labute approximate surface area is 106 Å². The predicted octanol–water partition coefficient (Wildman–Crippen LogP) is 4.19. The van der Waals surface area contributed by atoms with Crippen LogP contribution in [0.1, 0.15) is 17.0 Å². The summed E-state index contributed by atoms with van der Waals surface area (Å²) in [6.45, 7) is 0. The molecular formula is C15H12ClN. The van der Waals surface area contributed by atoms with Crippen LogP contribution in [0.3, 0.4) is 0 Å². The van der Waals surface area contributed by atoms with E-state index in [2.05, 4.69) is 6.07 Å². The van der Waals surface area contributed by atoms with Gasteiger partial charge in [0.1, 0.15) is 0 Å². The van der Waals surface area contributed by atoms with Crippen molar-refractivity contribution in [2.24, 2.45) is 0 Å². The van der Waals surface area contributed by atoms with E-state index in [9.17, 15) is 5.26 Å². The first-order valence-electron chi connectivity index (χ1n) is 5.48. The highest BCUT2D eigenvalue weighted by molar-refractivity contribution is 6.30. The fraction of sp³-hybridized carbons (Fsp3) is 0.133. The van der Waals surface area contributed by atoms with Crippen LogP contribution < -0.4 is 0 Å². The van der Waals surface area contributed by atoms with Gasteiger partial charge in [-0.15, -0.1) is 0 Å². The van der Waals surface area contributed by atoms with Gasteiger partial charge >= 0.3 is 0 Å². The van der Waals surface area contributed by atoms with Gasteiger partial charge in [-0.1, -0.05) is 54.1 Å². The number of nitriles is 1. The lowest BCUT2D eigenvalue weighted by Gasteiger charge is -2.09. The first-order valence-corrected chi connectivity index (χ1v) is 5.86. The number of nitrogens with zero attached hydrogens (tertiary/aromatic N) is 1. The molecule has 0 aliphatic carbocycles. The van der Waals surface area contributed by atoms with E-state index < -0.39 is 0 Å². The quantitative estimate of drug-likeness (QED) is 0.791. The largest absolute Gasteiger partial charge is 0.198 e. The third-order valence-electron chi connectivity index (χ3n) is 2.69. The molecule has 2 rings (SSSR count). The minimum atomic E-state index is -0.143. The number of hydrogen-bond donors (Lipinski definition) is 0. The standard InChI is InChI=1S/C15H12ClN/c16-15-8-4-7-13(10-15)14(11-17)9-12-5-2-1-3-6-12/h1-8,10,14H,9H2. The summed E-state index contributed by atoms with van der Waals surface area (Å²) in [5.41, 5.74) is 2.14. The molecule has 1 nitrogen and oxygen atoms in total. The molecule has 2 heteroatoms. The second kappa shape index (κ2) is 5.52. The average molecular weight is 242 g/mol. The number of rotatable bonds is 3. The molecule has 0 N–H and O–H groups in total. The van der Waals surface area contributed by atoms with Crippen molar-refractivity contribution in [1.29, 1.82) is 5.26 Å². The van der Waals surface area contributed by atoms with Gasteiger partial charge in [0.15, 0.2) is 0 Å². The first-order chi connectivity index (χ1) is 8.29. The molecule has 1 atom stereocenters. The zero-order valence-electron chi connectivity index (χ0n) is 9.31. The van der Waals surface area contributed by atoms with E-state index in [-0.39, 0.29) is 5.92 Å². The van der Waals surface area contributed by atoms with Gasteiger partial charge < -0.3 is 0 Å². The summed E-state index contributed by atoms with van der Waals surface area (Å²) in [4.78, 5) is 0. The van der Waals surface area contributed by atoms with Crippen LogP contribution in [0.25, 0.3) is 0 Å². The summed E-state index contributed by atoms with van der Waals surface area (Å²) in [6, 6.07) is 19.9. The molecule has 0 saturated heterocycles. The molecule has 0 bridgehead atoms. The molecule has 0 spiro atoms. The minimum Gasteiger partial charge on any atom is -0.198 e. The first kappa shape index (κ1) is 11.7. The summed E-state index contributed by atoms with van der Waals surface area (Å²) in [5.74, 6) is -0.143. The number of benzene rings is 2. The zero-order valence-corrected chi connectivity index (χ0v) is 10.1. The van der Waals surface area contributed by atoms with Crippen LogP contribution in [0.4, 0.5) is 0 Å². The predicted molar refractivity (Wildman–Crippen MR) is 70.0 cm³/mol. The maximum atomic E-state index is 9.24.